The number of nitrogens with zero attached hydrogens (tertiary/aromatic N) is 4. The van der Waals surface area contributed by atoms with Gasteiger partial charge in [-0.15, -0.1) is 10.2 Å². The summed E-state index contributed by atoms with van der Waals surface area (Å²) in [6.07, 6.45) is 3.19. The van der Waals surface area contributed by atoms with Gasteiger partial charge in [0.25, 0.3) is 0 Å². The molecular formula is C18H16N4O2S. The van der Waals surface area contributed by atoms with Crippen LogP contribution in [-0.4, -0.2) is 32.2 Å². The fourth-order valence-corrected chi connectivity index (χ4v) is 2.89. The van der Waals surface area contributed by atoms with Gasteiger partial charge in [0, 0.05) is 5.75 Å². The van der Waals surface area contributed by atoms with Crippen LogP contribution >= 0.6 is 11.8 Å². The van der Waals surface area contributed by atoms with Gasteiger partial charge in [-0.3, -0.25) is 0 Å². The number of aromatic nitrogens is 3. The van der Waals surface area contributed by atoms with E-state index in [1.807, 2.05) is 0 Å². The topological polar surface area (TPSA) is 80.4 Å². The Morgan fingerprint density at radius 2 is 1.92 bits per heavy atom. The van der Waals surface area contributed by atoms with Crippen LogP contribution in [0.5, 0.6) is 0 Å². The number of benzene rings is 2. The highest BCUT2D eigenvalue weighted by Crippen LogP contribution is 2.20. The summed E-state index contributed by atoms with van der Waals surface area (Å²) >= 11 is 1.55. The van der Waals surface area contributed by atoms with Crippen LogP contribution in [0.2, 0.25) is 0 Å². The van der Waals surface area contributed by atoms with Gasteiger partial charge in [-0.25, -0.2) is 4.79 Å². The molecule has 0 spiro atoms. The lowest BCUT2D eigenvalue weighted by atomic mass is 10.1. The minimum Gasteiger partial charge on any atom is -0.478 e. The Labute approximate surface area is 149 Å². The largest absolute Gasteiger partial charge is 0.478 e. The summed E-state index contributed by atoms with van der Waals surface area (Å²) in [4.78, 5) is 10.9. The first-order valence-electron chi connectivity index (χ1n) is 7.58. The van der Waals surface area contributed by atoms with E-state index in [9.17, 15) is 4.79 Å². The summed E-state index contributed by atoms with van der Waals surface area (Å²) in [5.74, 6) is -0.168. The quantitative estimate of drug-likeness (QED) is 0.543. The van der Waals surface area contributed by atoms with E-state index >= 15 is 0 Å². The Morgan fingerprint density at radius 3 is 2.60 bits per heavy atom. The highest BCUT2D eigenvalue weighted by molar-refractivity contribution is 7.98. The summed E-state index contributed by atoms with van der Waals surface area (Å²) in [7, 11) is 0. The lowest BCUT2D eigenvalue weighted by Crippen LogP contribution is -1.96. The zero-order valence-corrected chi connectivity index (χ0v) is 14.3. The van der Waals surface area contributed by atoms with E-state index < -0.39 is 5.97 Å². The summed E-state index contributed by atoms with van der Waals surface area (Å²) in [6, 6.07) is 14.9. The molecule has 0 atom stereocenters. The Kier molecular flexibility index (Phi) is 5.25. The van der Waals surface area contributed by atoms with Crippen molar-refractivity contribution in [3.63, 3.8) is 0 Å². The normalized spacial score (nSPS) is 11.1. The number of carboxylic acids is 1. The number of rotatable bonds is 6. The lowest BCUT2D eigenvalue weighted by Gasteiger charge is -2.02. The third kappa shape index (κ3) is 4.54. The van der Waals surface area contributed by atoms with E-state index in [0.717, 1.165) is 11.3 Å². The minimum atomic E-state index is -0.947. The lowest BCUT2D eigenvalue weighted by molar-refractivity contribution is 0.0697. The van der Waals surface area contributed by atoms with Crippen molar-refractivity contribution in [3.05, 3.63) is 77.1 Å². The van der Waals surface area contributed by atoms with Gasteiger partial charge in [0.2, 0.25) is 5.16 Å². The second kappa shape index (κ2) is 7.76. The first-order chi connectivity index (χ1) is 12.1. The van der Waals surface area contributed by atoms with Gasteiger partial charge in [0.15, 0.2) is 0 Å². The van der Waals surface area contributed by atoms with Gasteiger partial charge in [-0.05, 0) is 30.2 Å². The number of thioether (sulfide) groups is 1. The number of carboxylic acid groups (broad SMARTS) is 1. The summed E-state index contributed by atoms with van der Waals surface area (Å²) < 4.78 is 1.60. The maximum atomic E-state index is 10.9. The maximum absolute atomic E-state index is 10.9. The van der Waals surface area contributed by atoms with E-state index in [1.54, 1.807) is 53.2 Å². The van der Waals surface area contributed by atoms with Crippen molar-refractivity contribution in [2.75, 3.05) is 0 Å². The molecule has 0 aliphatic carbocycles. The molecule has 7 heteroatoms. The SMILES string of the molecule is Cc1ccc(CSc2nncn2/N=C/c2ccc(C(=O)O)cc2)cc1. The van der Waals surface area contributed by atoms with Gasteiger partial charge in [-0.1, -0.05) is 53.7 Å². The molecule has 0 amide bonds. The van der Waals surface area contributed by atoms with E-state index in [1.165, 1.54) is 11.1 Å². The standard InChI is InChI=1S/C18H16N4O2S/c1-13-2-4-15(5-3-13)11-25-18-21-19-12-22(18)20-10-14-6-8-16(9-7-14)17(23)24/h2-10,12H,11H2,1H3,(H,23,24)/b20-10+. The van der Waals surface area contributed by atoms with Crippen molar-refractivity contribution < 1.29 is 9.90 Å². The molecule has 0 fully saturated rings. The van der Waals surface area contributed by atoms with Crippen molar-refractivity contribution in [2.24, 2.45) is 5.10 Å². The number of hydrogen-bond donors (Lipinski definition) is 1. The third-order valence-corrected chi connectivity index (χ3v) is 4.48. The van der Waals surface area contributed by atoms with E-state index in [2.05, 4.69) is 46.5 Å². The van der Waals surface area contributed by atoms with Gasteiger partial charge < -0.3 is 5.11 Å². The fourth-order valence-electron chi connectivity index (χ4n) is 2.07. The molecule has 0 unspecified atom stereocenters. The highest BCUT2D eigenvalue weighted by Gasteiger charge is 2.05. The molecule has 0 saturated heterocycles. The number of aryl methyl sites for hydroxylation is 1. The van der Waals surface area contributed by atoms with Gasteiger partial charge in [-0.2, -0.15) is 9.78 Å². The molecule has 0 bridgehead atoms. The van der Waals surface area contributed by atoms with Crippen LogP contribution in [0.4, 0.5) is 0 Å². The molecule has 1 heterocycles. The summed E-state index contributed by atoms with van der Waals surface area (Å²) in [5.41, 5.74) is 3.48. The van der Waals surface area contributed by atoms with Gasteiger partial charge >= 0.3 is 5.97 Å². The zero-order valence-electron chi connectivity index (χ0n) is 13.5. The Hall–Kier alpha value is -2.93. The third-order valence-electron chi connectivity index (χ3n) is 3.48. The number of hydrogen-bond acceptors (Lipinski definition) is 5. The van der Waals surface area contributed by atoms with Crippen LogP contribution in [0, 0.1) is 6.92 Å². The van der Waals surface area contributed by atoms with Crippen LogP contribution in [0.25, 0.3) is 0 Å². The predicted octanol–water partition coefficient (Wildman–Crippen LogP) is 3.46. The summed E-state index contributed by atoms with van der Waals surface area (Å²) in [5, 5.41) is 21.9. The van der Waals surface area contributed by atoms with Gasteiger partial charge in [0.1, 0.15) is 6.33 Å². The molecule has 0 aliphatic rings. The predicted molar refractivity (Wildman–Crippen MR) is 97.2 cm³/mol. The fraction of sp³-hybridized carbons (Fsp3) is 0.111. The highest BCUT2D eigenvalue weighted by atomic mass is 32.2. The Balaban J connectivity index is 1.66. The minimum absolute atomic E-state index is 0.246. The molecule has 2 aromatic carbocycles. The van der Waals surface area contributed by atoms with Crippen LogP contribution < -0.4 is 0 Å². The van der Waals surface area contributed by atoms with E-state index in [-0.39, 0.29) is 5.56 Å². The van der Waals surface area contributed by atoms with Crippen molar-refractivity contribution in [3.8, 4) is 0 Å². The smallest absolute Gasteiger partial charge is 0.335 e. The Bertz CT molecular complexity index is 886. The maximum Gasteiger partial charge on any atom is 0.335 e. The van der Waals surface area contributed by atoms with Crippen molar-refractivity contribution in [2.45, 2.75) is 17.8 Å². The molecule has 3 aromatic rings. The van der Waals surface area contributed by atoms with E-state index in [0.29, 0.717) is 5.16 Å². The first-order valence-corrected chi connectivity index (χ1v) is 8.56. The molecule has 6 nitrogen and oxygen atoms in total. The van der Waals surface area contributed by atoms with Gasteiger partial charge in [0.05, 0.1) is 11.8 Å². The molecular weight excluding hydrogens is 336 g/mol. The molecule has 0 saturated carbocycles. The second-order valence-corrected chi connectivity index (χ2v) is 6.35. The van der Waals surface area contributed by atoms with Crippen LogP contribution in [0.3, 0.4) is 0 Å². The number of carbonyl (C=O) groups is 1. The average molecular weight is 352 g/mol. The van der Waals surface area contributed by atoms with Crippen molar-refractivity contribution in [1.82, 2.24) is 14.9 Å². The van der Waals surface area contributed by atoms with Crippen LogP contribution in [-0.2, 0) is 5.75 Å². The molecule has 0 aliphatic heterocycles. The monoisotopic (exact) mass is 352 g/mol. The van der Waals surface area contributed by atoms with Crippen molar-refractivity contribution >= 4 is 23.9 Å². The Morgan fingerprint density at radius 1 is 1.20 bits per heavy atom. The number of aromatic carboxylic acids is 1. The van der Waals surface area contributed by atoms with E-state index in [4.69, 9.17) is 5.11 Å². The molecule has 3 rings (SSSR count). The van der Waals surface area contributed by atoms with Crippen molar-refractivity contribution in [1.29, 1.82) is 0 Å². The van der Waals surface area contributed by atoms with Crippen LogP contribution in [0.15, 0.2) is 65.1 Å². The first kappa shape index (κ1) is 16.9. The summed E-state index contributed by atoms with van der Waals surface area (Å²) in [6.45, 7) is 2.06. The molecule has 126 valence electrons. The molecule has 1 N–H and O–H groups in total. The molecule has 25 heavy (non-hydrogen) atoms. The molecule has 1 aromatic heterocycles. The molecule has 0 radical (unpaired) electrons. The zero-order chi connectivity index (χ0) is 17.6. The van der Waals surface area contributed by atoms with Crippen LogP contribution in [0.1, 0.15) is 27.0 Å². The average Bonchev–Trinajstić information content (AvgIpc) is 3.07. The second-order valence-electron chi connectivity index (χ2n) is 5.40.